The Labute approximate surface area is 185 Å². The maximum Gasteiger partial charge on any atom is 0.341 e. The third-order valence-electron chi connectivity index (χ3n) is 5.27. The predicted molar refractivity (Wildman–Crippen MR) is 120 cm³/mol. The van der Waals surface area contributed by atoms with Gasteiger partial charge in [-0.2, -0.15) is 5.10 Å². The van der Waals surface area contributed by atoms with E-state index in [0.29, 0.717) is 47.7 Å². The van der Waals surface area contributed by atoms with Crippen LogP contribution >= 0.6 is 0 Å². The Morgan fingerprint density at radius 3 is 2.72 bits per heavy atom. The molecule has 1 fully saturated rings. The molecule has 32 heavy (non-hydrogen) atoms. The number of hydrogen-bond donors (Lipinski definition) is 1. The number of carbonyl (C=O) groups is 1. The highest BCUT2D eigenvalue weighted by Crippen LogP contribution is 2.33. The van der Waals surface area contributed by atoms with E-state index in [0.717, 1.165) is 25.2 Å². The summed E-state index contributed by atoms with van der Waals surface area (Å²) < 4.78 is 30.0. The summed E-state index contributed by atoms with van der Waals surface area (Å²) in [4.78, 5) is 14.9. The topological polar surface area (TPSA) is 76.7 Å². The minimum Gasteiger partial charge on any atom is -0.491 e. The Morgan fingerprint density at radius 2 is 1.97 bits per heavy atom. The molecule has 0 atom stereocenters. The molecular formula is C24H26FN3O4. The lowest BCUT2D eigenvalue weighted by Crippen LogP contribution is -2.38. The smallest absolute Gasteiger partial charge is 0.341 e. The number of nitrogens with zero attached hydrogens (tertiary/aromatic N) is 2. The van der Waals surface area contributed by atoms with Crippen molar-refractivity contribution in [3.8, 4) is 5.75 Å². The van der Waals surface area contributed by atoms with Crippen LogP contribution in [0.25, 0.3) is 23.1 Å². The zero-order valence-corrected chi connectivity index (χ0v) is 18.0. The van der Waals surface area contributed by atoms with Gasteiger partial charge in [0.05, 0.1) is 36.4 Å². The van der Waals surface area contributed by atoms with Gasteiger partial charge < -0.3 is 14.2 Å². The number of carbonyl (C=O) groups excluding carboxylic acids is 1. The van der Waals surface area contributed by atoms with Crippen LogP contribution in [0.3, 0.4) is 0 Å². The molecular weight excluding hydrogens is 413 g/mol. The van der Waals surface area contributed by atoms with Gasteiger partial charge in [-0.15, -0.1) is 0 Å². The third-order valence-corrected chi connectivity index (χ3v) is 5.27. The van der Waals surface area contributed by atoms with Crippen LogP contribution in [0.1, 0.15) is 28.5 Å². The molecule has 1 N–H and O–H groups in total. The first-order valence-electron chi connectivity index (χ1n) is 10.7. The largest absolute Gasteiger partial charge is 0.491 e. The monoisotopic (exact) mass is 439 g/mol. The fourth-order valence-corrected chi connectivity index (χ4v) is 3.60. The molecule has 0 unspecified atom stereocenters. The van der Waals surface area contributed by atoms with Gasteiger partial charge in [-0.3, -0.25) is 10.00 Å². The van der Waals surface area contributed by atoms with E-state index in [1.54, 1.807) is 31.2 Å². The van der Waals surface area contributed by atoms with E-state index >= 15 is 0 Å². The normalized spacial score (nSPS) is 14.8. The maximum atomic E-state index is 13.2. The van der Waals surface area contributed by atoms with E-state index in [1.807, 2.05) is 12.2 Å². The number of ether oxygens (including phenoxy) is 3. The summed E-state index contributed by atoms with van der Waals surface area (Å²) in [7, 11) is 0. The Hall–Kier alpha value is -3.23. The van der Waals surface area contributed by atoms with Gasteiger partial charge in [0.2, 0.25) is 0 Å². The van der Waals surface area contributed by atoms with Crippen LogP contribution in [-0.4, -0.2) is 67.1 Å². The Kier molecular flexibility index (Phi) is 7.14. The fourth-order valence-electron chi connectivity index (χ4n) is 3.60. The van der Waals surface area contributed by atoms with Crippen molar-refractivity contribution in [1.82, 2.24) is 15.1 Å². The van der Waals surface area contributed by atoms with Crippen LogP contribution in [0, 0.1) is 5.82 Å². The third kappa shape index (κ3) is 5.15. The molecule has 0 aliphatic carbocycles. The molecule has 2 aromatic carbocycles. The van der Waals surface area contributed by atoms with E-state index in [4.69, 9.17) is 14.2 Å². The summed E-state index contributed by atoms with van der Waals surface area (Å²) >= 11 is 0. The lowest BCUT2D eigenvalue weighted by molar-refractivity contribution is 0.0321. The lowest BCUT2D eigenvalue weighted by Gasteiger charge is -2.26. The zero-order chi connectivity index (χ0) is 22.3. The molecule has 1 aliphatic rings. The molecule has 7 nitrogen and oxygen atoms in total. The first-order valence-corrected chi connectivity index (χ1v) is 10.7. The predicted octanol–water partition coefficient (Wildman–Crippen LogP) is 3.76. The van der Waals surface area contributed by atoms with Gasteiger partial charge in [0.25, 0.3) is 0 Å². The number of rotatable bonds is 8. The summed E-state index contributed by atoms with van der Waals surface area (Å²) in [5.41, 5.74) is 2.57. The van der Waals surface area contributed by atoms with Crippen molar-refractivity contribution in [1.29, 1.82) is 0 Å². The number of hydrogen-bond acceptors (Lipinski definition) is 6. The summed E-state index contributed by atoms with van der Waals surface area (Å²) in [5, 5.41) is 8.06. The van der Waals surface area contributed by atoms with E-state index in [2.05, 4.69) is 15.1 Å². The van der Waals surface area contributed by atoms with Crippen LogP contribution in [0.2, 0.25) is 0 Å². The molecule has 0 bridgehead atoms. The van der Waals surface area contributed by atoms with Crippen LogP contribution < -0.4 is 4.74 Å². The molecule has 168 valence electrons. The van der Waals surface area contributed by atoms with Crippen LogP contribution in [-0.2, 0) is 9.47 Å². The zero-order valence-electron chi connectivity index (χ0n) is 18.0. The van der Waals surface area contributed by atoms with Crippen molar-refractivity contribution >= 4 is 29.0 Å². The number of nitrogens with one attached hydrogen (secondary N) is 1. The highest BCUT2D eigenvalue weighted by molar-refractivity contribution is 6.03. The van der Waals surface area contributed by atoms with E-state index in [-0.39, 0.29) is 12.4 Å². The van der Waals surface area contributed by atoms with E-state index in [9.17, 15) is 9.18 Å². The molecule has 3 aromatic rings. The van der Waals surface area contributed by atoms with Crippen molar-refractivity contribution in [2.75, 3.05) is 46.1 Å². The first-order chi connectivity index (χ1) is 15.7. The number of aromatic nitrogens is 2. The van der Waals surface area contributed by atoms with Crippen molar-refractivity contribution in [3.05, 3.63) is 59.0 Å². The summed E-state index contributed by atoms with van der Waals surface area (Å²) in [5.74, 6) is -0.281. The molecule has 1 aromatic heterocycles. The number of halogens is 1. The second kappa shape index (κ2) is 10.4. The minimum absolute atomic E-state index is 0.271. The number of morpholine rings is 1. The SMILES string of the molecule is CCOC(=O)c1ccc2n[nH]c(C=Cc3ccc(F)cc3)c2c1OCCN1CCOCC1. The van der Waals surface area contributed by atoms with Crippen molar-refractivity contribution < 1.29 is 23.4 Å². The van der Waals surface area contributed by atoms with E-state index in [1.165, 1.54) is 12.1 Å². The molecule has 0 radical (unpaired) electrons. The van der Waals surface area contributed by atoms with E-state index < -0.39 is 5.97 Å². The van der Waals surface area contributed by atoms with Crippen molar-refractivity contribution in [3.63, 3.8) is 0 Å². The summed E-state index contributed by atoms with van der Waals surface area (Å²) in [6.07, 6.45) is 3.69. The van der Waals surface area contributed by atoms with Gasteiger partial charge >= 0.3 is 5.97 Å². The average molecular weight is 439 g/mol. The Balaban J connectivity index is 1.64. The molecule has 0 spiro atoms. The van der Waals surface area contributed by atoms with Gasteiger partial charge in [0.15, 0.2) is 0 Å². The quantitative estimate of drug-likeness (QED) is 0.539. The number of esters is 1. The molecule has 0 saturated carbocycles. The Bertz CT molecular complexity index is 1090. The van der Waals surface area contributed by atoms with Gasteiger partial charge in [-0.1, -0.05) is 18.2 Å². The van der Waals surface area contributed by atoms with Crippen LogP contribution in [0.4, 0.5) is 4.39 Å². The number of aromatic amines is 1. The summed E-state index contributed by atoms with van der Waals surface area (Å²) in [6.45, 7) is 6.31. The minimum atomic E-state index is -0.439. The first kappa shape index (κ1) is 22.0. The van der Waals surface area contributed by atoms with Crippen molar-refractivity contribution in [2.24, 2.45) is 0 Å². The molecule has 4 rings (SSSR count). The second-order valence-electron chi connectivity index (χ2n) is 7.38. The van der Waals surface area contributed by atoms with Gasteiger partial charge in [0, 0.05) is 19.6 Å². The van der Waals surface area contributed by atoms with Crippen molar-refractivity contribution in [2.45, 2.75) is 6.92 Å². The maximum absolute atomic E-state index is 13.2. The molecule has 2 heterocycles. The van der Waals surface area contributed by atoms with Gasteiger partial charge in [-0.05, 0) is 42.8 Å². The van der Waals surface area contributed by atoms with Crippen LogP contribution in [0.5, 0.6) is 5.75 Å². The standard InChI is InChI=1S/C24H26FN3O4/c1-2-31-24(29)19-8-10-21-22(23(19)32-16-13-28-11-14-30-15-12-28)20(26-27-21)9-5-17-3-6-18(25)7-4-17/h3-10H,2,11-16H2,1H3,(H,26,27). The molecule has 1 aliphatic heterocycles. The van der Waals surface area contributed by atoms with Gasteiger partial charge in [-0.25, -0.2) is 9.18 Å². The lowest BCUT2D eigenvalue weighted by atomic mass is 10.1. The average Bonchev–Trinajstić information content (AvgIpc) is 3.23. The molecule has 1 saturated heterocycles. The summed E-state index contributed by atoms with van der Waals surface area (Å²) in [6, 6.07) is 9.64. The number of fused-ring (bicyclic) bond motifs is 1. The fraction of sp³-hybridized carbons (Fsp3) is 0.333. The number of H-pyrrole nitrogens is 1. The van der Waals surface area contributed by atoms with Crippen LogP contribution in [0.15, 0.2) is 36.4 Å². The molecule has 8 heteroatoms. The Morgan fingerprint density at radius 1 is 1.19 bits per heavy atom. The van der Waals surface area contributed by atoms with Gasteiger partial charge in [0.1, 0.15) is 23.7 Å². The number of benzene rings is 2. The molecule has 0 amide bonds. The highest BCUT2D eigenvalue weighted by atomic mass is 19.1. The second-order valence-corrected chi connectivity index (χ2v) is 7.38. The highest BCUT2D eigenvalue weighted by Gasteiger charge is 2.21.